The minimum atomic E-state index is -4.04. The van der Waals surface area contributed by atoms with E-state index in [2.05, 4.69) is 10.2 Å². The molecule has 32 heavy (non-hydrogen) atoms. The second kappa shape index (κ2) is 9.36. The lowest BCUT2D eigenvalue weighted by Crippen LogP contribution is -2.58. The number of hydrogen-bond donors (Lipinski definition) is 3. The first kappa shape index (κ1) is 24.5. The molecule has 2 fully saturated rings. The molecule has 1 saturated heterocycles. The molecule has 3 N–H and O–H groups in total. The van der Waals surface area contributed by atoms with Gasteiger partial charge in [-0.05, 0) is 63.8 Å². The molecule has 3 rings (SSSR count). The first-order valence-electron chi connectivity index (χ1n) is 11.0. The summed E-state index contributed by atoms with van der Waals surface area (Å²) >= 11 is 0. The lowest BCUT2D eigenvalue weighted by atomic mass is 9.94. The van der Waals surface area contributed by atoms with Gasteiger partial charge in [-0.25, -0.2) is 13.9 Å². The molecule has 2 amide bonds. The summed E-state index contributed by atoms with van der Waals surface area (Å²) in [5.74, 6) is -0.506. The fourth-order valence-corrected chi connectivity index (χ4v) is 6.27. The molecule has 0 spiro atoms. The van der Waals surface area contributed by atoms with Crippen molar-refractivity contribution < 1.29 is 28.0 Å². The summed E-state index contributed by atoms with van der Waals surface area (Å²) in [5, 5.41) is 12.1. The molecule has 1 aliphatic carbocycles. The number of carbonyl (C=O) groups is 2. The van der Waals surface area contributed by atoms with Crippen molar-refractivity contribution in [2.45, 2.75) is 74.1 Å². The van der Waals surface area contributed by atoms with Gasteiger partial charge in [-0.1, -0.05) is 0 Å². The number of hydrogen-bond acceptors (Lipinski definition) is 7. The number of benzene rings is 1. The van der Waals surface area contributed by atoms with E-state index in [0.29, 0.717) is 37.9 Å². The maximum Gasteiger partial charge on any atom is 0.265 e. The number of nitrogens with zero attached hydrogens (tertiary/aromatic N) is 1. The Balaban J connectivity index is 1.70. The highest BCUT2D eigenvalue weighted by Gasteiger charge is 2.53. The van der Waals surface area contributed by atoms with Crippen molar-refractivity contribution in [1.82, 2.24) is 15.7 Å². The Labute approximate surface area is 189 Å². The van der Waals surface area contributed by atoms with Crippen LogP contribution in [0.1, 0.15) is 52.9 Å². The van der Waals surface area contributed by atoms with Crippen molar-refractivity contribution in [3.63, 3.8) is 0 Å². The summed E-state index contributed by atoms with van der Waals surface area (Å²) in [4.78, 5) is 26.1. The Hall–Kier alpha value is -2.17. The molecular formula is C22H33N3O6S. The summed E-state index contributed by atoms with van der Waals surface area (Å²) in [6, 6.07) is 6.47. The van der Waals surface area contributed by atoms with E-state index in [-0.39, 0.29) is 23.6 Å². The molecule has 9 nitrogen and oxygen atoms in total. The van der Waals surface area contributed by atoms with Crippen molar-refractivity contribution in [2.24, 2.45) is 0 Å². The second-order valence-corrected chi connectivity index (χ2v) is 11.6. The van der Waals surface area contributed by atoms with Gasteiger partial charge in [0.15, 0.2) is 14.6 Å². The van der Waals surface area contributed by atoms with Crippen LogP contribution in [0.5, 0.6) is 5.75 Å². The number of nitrogens with one attached hydrogen (secondary N) is 2. The molecule has 0 radical (unpaired) electrons. The van der Waals surface area contributed by atoms with Gasteiger partial charge < -0.3 is 15.0 Å². The van der Waals surface area contributed by atoms with Gasteiger partial charge in [-0.15, -0.1) is 0 Å². The molecule has 0 unspecified atom stereocenters. The molecule has 2 aliphatic rings. The third kappa shape index (κ3) is 5.24. The Morgan fingerprint density at radius 2 is 1.78 bits per heavy atom. The molecule has 0 bridgehead atoms. The highest BCUT2D eigenvalue weighted by atomic mass is 32.2. The second-order valence-electron chi connectivity index (χ2n) is 9.34. The van der Waals surface area contributed by atoms with Crippen LogP contribution in [0.4, 0.5) is 0 Å². The van der Waals surface area contributed by atoms with Crippen LogP contribution in [0.2, 0.25) is 0 Å². The van der Waals surface area contributed by atoms with Gasteiger partial charge in [-0.3, -0.25) is 14.8 Å². The van der Waals surface area contributed by atoms with E-state index < -0.39 is 26.0 Å². The van der Waals surface area contributed by atoms with Crippen molar-refractivity contribution in [3.05, 3.63) is 24.3 Å². The zero-order valence-electron chi connectivity index (χ0n) is 18.9. The molecule has 1 saturated carbocycles. The van der Waals surface area contributed by atoms with Gasteiger partial charge >= 0.3 is 0 Å². The van der Waals surface area contributed by atoms with Gasteiger partial charge in [0.05, 0.1) is 11.5 Å². The molecule has 1 aromatic rings. The van der Waals surface area contributed by atoms with Gasteiger partial charge in [-0.2, -0.15) is 0 Å². The smallest absolute Gasteiger partial charge is 0.265 e. The van der Waals surface area contributed by atoms with Gasteiger partial charge in [0.2, 0.25) is 5.91 Å². The average Bonchev–Trinajstić information content (AvgIpc) is 3.58. The zero-order valence-corrected chi connectivity index (χ0v) is 19.7. The summed E-state index contributed by atoms with van der Waals surface area (Å²) in [7, 11) is -4.04. The number of rotatable bonds is 9. The summed E-state index contributed by atoms with van der Waals surface area (Å²) in [6.07, 6.45) is 3.05. The first-order valence-corrected chi connectivity index (χ1v) is 12.4. The van der Waals surface area contributed by atoms with Crippen LogP contribution in [-0.4, -0.2) is 66.4 Å². The minimum absolute atomic E-state index is 0.0203. The zero-order chi connectivity index (χ0) is 23.6. The van der Waals surface area contributed by atoms with E-state index in [1.54, 1.807) is 17.6 Å². The number of likely N-dealkylation sites (tertiary alicyclic amines) is 1. The highest BCUT2D eigenvalue weighted by molar-refractivity contribution is 7.93. The minimum Gasteiger partial charge on any atom is -0.494 e. The average molecular weight is 468 g/mol. The number of sulfone groups is 1. The molecule has 1 heterocycles. The quantitative estimate of drug-likeness (QED) is 0.372. The normalized spacial score (nSPS) is 19.2. The van der Waals surface area contributed by atoms with E-state index in [0.717, 1.165) is 12.8 Å². The topological polar surface area (TPSA) is 125 Å². The highest BCUT2D eigenvalue weighted by Crippen LogP contribution is 2.39. The Morgan fingerprint density at radius 1 is 1.19 bits per heavy atom. The fourth-order valence-electron chi connectivity index (χ4n) is 4.31. The number of hydroxylamine groups is 1. The molecular weight excluding hydrogens is 434 g/mol. The predicted molar refractivity (Wildman–Crippen MR) is 118 cm³/mol. The number of piperidine rings is 1. The fraction of sp³-hybridized carbons (Fsp3) is 0.636. The van der Waals surface area contributed by atoms with Crippen molar-refractivity contribution in [3.8, 4) is 5.75 Å². The standard InChI is InChI=1S/C22H33N3O6S/c1-16(26)23-21(2,3)12-15-31-18-6-8-19(9-7-18)32(29,30)22(20(27)24-28)10-13-25(14-11-22)17-4-5-17/h6-9,17,28H,4-5,10-15H2,1-3H3,(H,23,26)(H,24,27). The predicted octanol–water partition coefficient (Wildman–Crippen LogP) is 1.65. The van der Waals surface area contributed by atoms with Crippen molar-refractivity contribution in [2.75, 3.05) is 19.7 Å². The van der Waals surface area contributed by atoms with Gasteiger partial charge in [0, 0.05) is 38.0 Å². The molecule has 0 atom stereocenters. The van der Waals surface area contributed by atoms with Crippen LogP contribution in [0, 0.1) is 0 Å². The van der Waals surface area contributed by atoms with Crippen LogP contribution in [-0.2, 0) is 19.4 Å². The third-order valence-corrected chi connectivity index (χ3v) is 8.86. The SMILES string of the molecule is CC(=O)NC(C)(C)CCOc1ccc(S(=O)(=O)C2(C(=O)NO)CCN(C3CC3)CC2)cc1. The van der Waals surface area contributed by atoms with Crippen molar-refractivity contribution >= 4 is 21.7 Å². The van der Waals surface area contributed by atoms with E-state index in [4.69, 9.17) is 4.74 Å². The van der Waals surface area contributed by atoms with Crippen molar-refractivity contribution in [1.29, 1.82) is 0 Å². The van der Waals surface area contributed by atoms with Crippen LogP contribution in [0.15, 0.2) is 29.2 Å². The van der Waals surface area contributed by atoms with Crippen LogP contribution in [0.25, 0.3) is 0 Å². The monoisotopic (exact) mass is 467 g/mol. The maximum atomic E-state index is 13.5. The summed E-state index contributed by atoms with van der Waals surface area (Å²) < 4.78 is 31.0. The third-order valence-electron chi connectivity index (χ3n) is 6.34. The van der Waals surface area contributed by atoms with Crippen LogP contribution < -0.4 is 15.5 Å². The molecule has 1 aromatic carbocycles. The molecule has 0 aromatic heterocycles. The molecule has 1 aliphatic heterocycles. The first-order chi connectivity index (χ1) is 15.0. The number of ether oxygens (including phenoxy) is 1. The van der Waals surface area contributed by atoms with Gasteiger partial charge in [0.25, 0.3) is 5.91 Å². The molecule has 178 valence electrons. The number of carbonyl (C=O) groups excluding carboxylic acids is 2. The van der Waals surface area contributed by atoms with E-state index >= 15 is 0 Å². The van der Waals surface area contributed by atoms with Crippen LogP contribution >= 0.6 is 0 Å². The maximum absolute atomic E-state index is 13.5. The van der Waals surface area contributed by atoms with E-state index in [1.807, 2.05) is 13.8 Å². The van der Waals surface area contributed by atoms with Crippen LogP contribution in [0.3, 0.4) is 0 Å². The van der Waals surface area contributed by atoms with E-state index in [9.17, 15) is 23.2 Å². The Bertz CT molecular complexity index is 933. The number of amides is 2. The summed E-state index contributed by atoms with van der Waals surface area (Å²) in [6.45, 7) is 6.60. The largest absolute Gasteiger partial charge is 0.494 e. The molecule has 10 heteroatoms. The lowest BCUT2D eigenvalue weighted by Gasteiger charge is -2.39. The Kier molecular flexibility index (Phi) is 7.16. The summed E-state index contributed by atoms with van der Waals surface area (Å²) in [5.41, 5.74) is 1.16. The van der Waals surface area contributed by atoms with Gasteiger partial charge in [0.1, 0.15) is 5.75 Å². The lowest BCUT2D eigenvalue weighted by molar-refractivity contribution is -0.133. The Morgan fingerprint density at radius 3 is 2.28 bits per heavy atom. The van der Waals surface area contributed by atoms with E-state index in [1.165, 1.54) is 19.1 Å².